The van der Waals surface area contributed by atoms with Crippen LogP contribution in [0.5, 0.6) is 0 Å². The number of halogens is 2. The Balaban J connectivity index is 2.74. The van der Waals surface area contributed by atoms with Crippen molar-refractivity contribution in [1.29, 1.82) is 0 Å². The van der Waals surface area contributed by atoms with Gasteiger partial charge >= 0.3 is 0 Å². The monoisotopic (exact) mass is 229 g/mol. The van der Waals surface area contributed by atoms with Crippen molar-refractivity contribution in [2.75, 3.05) is 6.54 Å². The van der Waals surface area contributed by atoms with Crippen LogP contribution in [0.3, 0.4) is 0 Å². The molecule has 0 bridgehead atoms. The number of benzene rings is 1. The molecule has 1 atom stereocenters. The third-order valence-electron chi connectivity index (χ3n) is 2.57. The average Bonchev–Trinajstić information content (AvgIpc) is 2.24. The number of rotatable bonds is 5. The fourth-order valence-electron chi connectivity index (χ4n) is 1.73. The van der Waals surface area contributed by atoms with Gasteiger partial charge in [0.1, 0.15) is 5.82 Å². The molecular weight excluding hydrogens is 213 g/mol. The Hall–Kier alpha value is -0.600. The van der Waals surface area contributed by atoms with E-state index in [-0.39, 0.29) is 10.8 Å². The highest BCUT2D eigenvalue weighted by Gasteiger charge is 2.11. The fraction of sp³-hybridized carbons (Fsp3) is 0.500. The second-order valence-corrected chi connectivity index (χ2v) is 4.19. The third kappa shape index (κ3) is 3.47. The first-order chi connectivity index (χ1) is 7.19. The predicted molar refractivity (Wildman–Crippen MR) is 62.6 cm³/mol. The molecule has 1 rings (SSSR count). The van der Waals surface area contributed by atoms with E-state index in [4.69, 9.17) is 17.3 Å². The molecule has 0 radical (unpaired) electrons. The maximum absolute atomic E-state index is 13.2. The van der Waals surface area contributed by atoms with Gasteiger partial charge in [0.15, 0.2) is 0 Å². The summed E-state index contributed by atoms with van der Waals surface area (Å²) in [4.78, 5) is 0. The molecule has 15 heavy (non-hydrogen) atoms. The smallest absolute Gasteiger partial charge is 0.142 e. The van der Waals surface area contributed by atoms with Gasteiger partial charge in [-0.15, -0.1) is 0 Å². The Morgan fingerprint density at radius 2 is 2.20 bits per heavy atom. The van der Waals surface area contributed by atoms with E-state index in [1.807, 2.05) is 6.07 Å². The highest BCUT2D eigenvalue weighted by atomic mass is 35.5. The minimum absolute atomic E-state index is 0.243. The molecule has 0 spiro atoms. The van der Waals surface area contributed by atoms with E-state index in [0.29, 0.717) is 12.5 Å². The van der Waals surface area contributed by atoms with E-state index in [1.165, 1.54) is 6.07 Å². The van der Waals surface area contributed by atoms with Crippen molar-refractivity contribution in [1.82, 2.24) is 0 Å². The molecule has 1 aromatic rings. The van der Waals surface area contributed by atoms with Crippen LogP contribution >= 0.6 is 11.6 Å². The molecule has 1 unspecified atom stereocenters. The van der Waals surface area contributed by atoms with Crippen molar-refractivity contribution in [2.45, 2.75) is 26.2 Å². The summed E-state index contributed by atoms with van der Waals surface area (Å²) in [7, 11) is 0. The molecule has 0 heterocycles. The summed E-state index contributed by atoms with van der Waals surface area (Å²) in [5.74, 6) is 0.0516. The maximum atomic E-state index is 13.2. The standard InChI is InChI=1S/C12H17ClFN/c1-2-4-9(8-15)7-10-5-3-6-11(14)12(10)13/h3,5-6,9H,2,4,7-8,15H2,1H3. The predicted octanol–water partition coefficient (Wildman–Crippen LogP) is 3.40. The first kappa shape index (κ1) is 12.5. The molecule has 0 aliphatic carbocycles. The molecule has 0 amide bonds. The van der Waals surface area contributed by atoms with E-state index in [0.717, 1.165) is 24.8 Å². The zero-order valence-corrected chi connectivity index (χ0v) is 9.73. The second-order valence-electron chi connectivity index (χ2n) is 3.81. The first-order valence-corrected chi connectivity index (χ1v) is 5.69. The van der Waals surface area contributed by atoms with E-state index < -0.39 is 0 Å². The van der Waals surface area contributed by atoms with Gasteiger partial charge in [-0.3, -0.25) is 0 Å². The molecule has 84 valence electrons. The normalized spacial score (nSPS) is 12.8. The Morgan fingerprint density at radius 3 is 2.80 bits per heavy atom. The van der Waals surface area contributed by atoms with Crippen LogP contribution in [-0.2, 0) is 6.42 Å². The van der Waals surface area contributed by atoms with Gasteiger partial charge in [-0.05, 0) is 36.9 Å². The van der Waals surface area contributed by atoms with Gasteiger partial charge in [-0.25, -0.2) is 4.39 Å². The van der Waals surface area contributed by atoms with Gasteiger partial charge in [0.25, 0.3) is 0 Å². The SMILES string of the molecule is CCCC(CN)Cc1cccc(F)c1Cl. The van der Waals surface area contributed by atoms with Crippen molar-refractivity contribution in [2.24, 2.45) is 11.7 Å². The summed E-state index contributed by atoms with van der Waals surface area (Å²) >= 11 is 5.88. The van der Waals surface area contributed by atoms with Gasteiger partial charge in [-0.1, -0.05) is 37.1 Å². The summed E-state index contributed by atoms with van der Waals surface area (Å²) in [6.07, 6.45) is 2.92. The minimum Gasteiger partial charge on any atom is -0.330 e. The van der Waals surface area contributed by atoms with Crippen LogP contribution in [0, 0.1) is 11.7 Å². The van der Waals surface area contributed by atoms with Crippen molar-refractivity contribution < 1.29 is 4.39 Å². The van der Waals surface area contributed by atoms with Crippen LogP contribution in [0.25, 0.3) is 0 Å². The van der Waals surface area contributed by atoms with Crippen molar-refractivity contribution in [3.05, 3.63) is 34.6 Å². The van der Waals surface area contributed by atoms with Crippen LogP contribution in [0.2, 0.25) is 5.02 Å². The fourth-order valence-corrected chi connectivity index (χ4v) is 1.93. The summed E-state index contributed by atoms with van der Waals surface area (Å²) in [5, 5.41) is 0.243. The van der Waals surface area contributed by atoms with E-state index in [2.05, 4.69) is 6.92 Å². The highest BCUT2D eigenvalue weighted by molar-refractivity contribution is 6.31. The van der Waals surface area contributed by atoms with Crippen LogP contribution in [-0.4, -0.2) is 6.54 Å². The van der Waals surface area contributed by atoms with Gasteiger partial charge in [-0.2, -0.15) is 0 Å². The molecule has 0 aliphatic heterocycles. The van der Waals surface area contributed by atoms with Gasteiger partial charge in [0.05, 0.1) is 5.02 Å². The Labute approximate surface area is 95.4 Å². The zero-order chi connectivity index (χ0) is 11.3. The summed E-state index contributed by atoms with van der Waals surface area (Å²) in [6, 6.07) is 4.93. The van der Waals surface area contributed by atoms with Gasteiger partial charge < -0.3 is 5.73 Å². The number of hydrogen-bond acceptors (Lipinski definition) is 1. The van der Waals surface area contributed by atoms with Crippen molar-refractivity contribution in [3.8, 4) is 0 Å². The molecule has 0 fully saturated rings. The van der Waals surface area contributed by atoms with Crippen LogP contribution in [0.15, 0.2) is 18.2 Å². The number of hydrogen-bond donors (Lipinski definition) is 1. The van der Waals surface area contributed by atoms with Crippen molar-refractivity contribution >= 4 is 11.6 Å². The van der Waals surface area contributed by atoms with E-state index >= 15 is 0 Å². The second kappa shape index (κ2) is 6.09. The summed E-state index contributed by atoms with van der Waals surface area (Å²) in [6.45, 7) is 2.75. The maximum Gasteiger partial charge on any atom is 0.142 e. The lowest BCUT2D eigenvalue weighted by molar-refractivity contribution is 0.486. The van der Waals surface area contributed by atoms with E-state index in [1.54, 1.807) is 6.07 Å². The number of nitrogens with two attached hydrogens (primary N) is 1. The molecule has 0 aromatic heterocycles. The molecule has 0 saturated heterocycles. The third-order valence-corrected chi connectivity index (χ3v) is 2.99. The van der Waals surface area contributed by atoms with Crippen LogP contribution < -0.4 is 5.73 Å². The molecule has 2 N–H and O–H groups in total. The summed E-state index contributed by atoms with van der Waals surface area (Å²) in [5.41, 5.74) is 6.52. The van der Waals surface area contributed by atoms with Crippen LogP contribution in [0.1, 0.15) is 25.3 Å². The molecular formula is C12H17ClFN. The first-order valence-electron chi connectivity index (χ1n) is 5.32. The Kier molecular flexibility index (Phi) is 5.06. The quantitative estimate of drug-likeness (QED) is 0.823. The lowest BCUT2D eigenvalue weighted by Gasteiger charge is -2.14. The largest absolute Gasteiger partial charge is 0.330 e. The average molecular weight is 230 g/mol. The van der Waals surface area contributed by atoms with Gasteiger partial charge in [0.2, 0.25) is 0 Å². The molecule has 0 aliphatic rings. The molecule has 1 nitrogen and oxygen atoms in total. The molecule has 0 saturated carbocycles. The highest BCUT2D eigenvalue weighted by Crippen LogP contribution is 2.23. The molecule has 3 heteroatoms. The Bertz CT molecular complexity index is 314. The lowest BCUT2D eigenvalue weighted by atomic mass is 9.95. The summed E-state index contributed by atoms with van der Waals surface area (Å²) < 4.78 is 13.2. The van der Waals surface area contributed by atoms with Crippen LogP contribution in [0.4, 0.5) is 4.39 Å². The zero-order valence-electron chi connectivity index (χ0n) is 8.97. The topological polar surface area (TPSA) is 26.0 Å². The molecule has 1 aromatic carbocycles. The Morgan fingerprint density at radius 1 is 1.47 bits per heavy atom. The minimum atomic E-state index is -0.346. The van der Waals surface area contributed by atoms with Gasteiger partial charge in [0, 0.05) is 0 Å². The lowest BCUT2D eigenvalue weighted by Crippen LogP contribution is -2.16. The van der Waals surface area contributed by atoms with Crippen molar-refractivity contribution in [3.63, 3.8) is 0 Å². The van der Waals surface area contributed by atoms with E-state index in [9.17, 15) is 4.39 Å².